The van der Waals surface area contributed by atoms with Crippen molar-refractivity contribution in [2.24, 2.45) is 23.7 Å². The van der Waals surface area contributed by atoms with Crippen molar-refractivity contribution in [2.75, 3.05) is 0 Å². The number of unbranched alkanes of at least 4 members (excludes halogenated alkanes) is 1. The van der Waals surface area contributed by atoms with Crippen molar-refractivity contribution in [3.8, 4) is 11.8 Å². The van der Waals surface area contributed by atoms with Crippen LogP contribution in [0.3, 0.4) is 0 Å². The Kier molecular flexibility index (Phi) is 10.1. The molecule has 0 spiro atoms. The van der Waals surface area contributed by atoms with Gasteiger partial charge in [-0.25, -0.2) is 0 Å². The molecule has 2 aliphatic rings. The van der Waals surface area contributed by atoms with Crippen LogP contribution in [0.4, 0.5) is 0 Å². The molecule has 0 aliphatic heterocycles. The van der Waals surface area contributed by atoms with E-state index in [2.05, 4.69) is 62.1 Å². The molecule has 0 saturated heterocycles. The molecule has 0 radical (unpaired) electrons. The minimum absolute atomic E-state index is 0.757. The lowest BCUT2D eigenvalue weighted by Crippen LogP contribution is -2.17. The van der Waals surface area contributed by atoms with Gasteiger partial charge >= 0.3 is 0 Å². The van der Waals surface area contributed by atoms with Gasteiger partial charge in [-0.1, -0.05) is 102 Å². The van der Waals surface area contributed by atoms with E-state index in [9.17, 15) is 0 Å². The third-order valence-corrected chi connectivity index (χ3v) is 7.84. The summed E-state index contributed by atoms with van der Waals surface area (Å²) in [4.78, 5) is 0. The van der Waals surface area contributed by atoms with Crippen LogP contribution in [0.5, 0.6) is 0 Å². The molecular formula is C30H44. The Balaban J connectivity index is 1.29. The first kappa shape index (κ1) is 23.2. The first-order valence-electron chi connectivity index (χ1n) is 13.0. The molecule has 2 saturated carbocycles. The van der Waals surface area contributed by atoms with Gasteiger partial charge in [0, 0.05) is 5.56 Å². The van der Waals surface area contributed by atoms with Gasteiger partial charge in [-0.05, 0) is 79.5 Å². The van der Waals surface area contributed by atoms with Crippen LogP contribution in [0.1, 0.15) is 108 Å². The van der Waals surface area contributed by atoms with Crippen LogP contribution in [0, 0.1) is 35.5 Å². The Hall–Kier alpha value is -1.48. The SMILES string of the molecule is CCCCC1CCC(CCC2CCC(C=CC#Cc3ccc(CC)cc3)CC2)CC1. The molecular weight excluding hydrogens is 360 g/mol. The van der Waals surface area contributed by atoms with Gasteiger partial charge in [-0.15, -0.1) is 0 Å². The van der Waals surface area contributed by atoms with Crippen molar-refractivity contribution in [2.45, 2.75) is 104 Å². The zero-order valence-electron chi connectivity index (χ0n) is 19.7. The van der Waals surface area contributed by atoms with Crippen LogP contribution in [-0.4, -0.2) is 0 Å². The number of aryl methyl sites for hydroxylation is 1. The molecule has 2 aliphatic carbocycles. The van der Waals surface area contributed by atoms with Crippen LogP contribution in [0.2, 0.25) is 0 Å². The van der Waals surface area contributed by atoms with E-state index in [1.807, 2.05) is 0 Å². The highest BCUT2D eigenvalue weighted by atomic mass is 14.3. The summed E-state index contributed by atoms with van der Waals surface area (Å²) in [5.74, 6) is 10.4. The fourth-order valence-corrected chi connectivity index (χ4v) is 5.58. The number of benzene rings is 1. The van der Waals surface area contributed by atoms with E-state index >= 15 is 0 Å². The maximum Gasteiger partial charge on any atom is 0.0249 e. The maximum atomic E-state index is 3.28. The normalized spacial score (nSPS) is 27.0. The minimum atomic E-state index is 0.757. The standard InChI is InChI=1S/C30H44/c1-3-5-8-26-15-19-29(20-16-26)23-24-30-21-17-28(18-22-30)10-7-6-9-27-13-11-25(4-2)12-14-27/h7,10-14,26,28-30H,3-5,8,15-24H2,1-2H3. The average Bonchev–Trinajstić information content (AvgIpc) is 2.81. The van der Waals surface area contributed by atoms with E-state index in [1.165, 1.54) is 89.0 Å². The van der Waals surface area contributed by atoms with Gasteiger partial charge in [0.25, 0.3) is 0 Å². The Morgan fingerprint density at radius 2 is 1.33 bits per heavy atom. The summed E-state index contributed by atoms with van der Waals surface area (Å²) in [6.07, 6.45) is 24.6. The minimum Gasteiger partial charge on any atom is -0.0730 e. The molecule has 1 aromatic carbocycles. The molecule has 0 bridgehead atoms. The van der Waals surface area contributed by atoms with Crippen molar-refractivity contribution in [1.29, 1.82) is 0 Å². The Labute approximate surface area is 186 Å². The zero-order chi connectivity index (χ0) is 21.0. The van der Waals surface area contributed by atoms with Crippen molar-refractivity contribution in [3.05, 3.63) is 47.5 Å². The number of hydrogen-bond donors (Lipinski definition) is 0. The quantitative estimate of drug-likeness (QED) is 0.380. The van der Waals surface area contributed by atoms with Crippen molar-refractivity contribution in [1.82, 2.24) is 0 Å². The number of allylic oxidation sites excluding steroid dienone is 2. The summed E-state index contributed by atoms with van der Waals surface area (Å²) < 4.78 is 0. The molecule has 1 aromatic rings. The highest BCUT2D eigenvalue weighted by Crippen LogP contribution is 2.37. The Bertz CT molecular complexity index is 667. The molecule has 0 heterocycles. The molecule has 0 heteroatoms. The topological polar surface area (TPSA) is 0 Å². The van der Waals surface area contributed by atoms with E-state index in [0.29, 0.717) is 0 Å². The summed E-state index contributed by atoms with van der Waals surface area (Å²) in [7, 11) is 0. The third kappa shape index (κ3) is 7.98. The van der Waals surface area contributed by atoms with Gasteiger partial charge < -0.3 is 0 Å². The van der Waals surface area contributed by atoms with Gasteiger partial charge in [-0.3, -0.25) is 0 Å². The lowest BCUT2D eigenvalue weighted by Gasteiger charge is -2.31. The smallest absolute Gasteiger partial charge is 0.0249 e. The molecule has 30 heavy (non-hydrogen) atoms. The fraction of sp³-hybridized carbons (Fsp3) is 0.667. The lowest BCUT2D eigenvalue weighted by atomic mass is 9.75. The summed E-state index contributed by atoms with van der Waals surface area (Å²) in [6.45, 7) is 4.52. The molecule has 0 nitrogen and oxygen atoms in total. The van der Waals surface area contributed by atoms with E-state index in [-0.39, 0.29) is 0 Å². The first-order chi connectivity index (χ1) is 14.8. The fourth-order valence-electron chi connectivity index (χ4n) is 5.58. The van der Waals surface area contributed by atoms with Crippen molar-refractivity contribution in [3.63, 3.8) is 0 Å². The van der Waals surface area contributed by atoms with E-state index in [0.717, 1.165) is 35.7 Å². The Morgan fingerprint density at radius 1 is 0.767 bits per heavy atom. The molecule has 2 fully saturated rings. The van der Waals surface area contributed by atoms with Crippen LogP contribution < -0.4 is 0 Å². The lowest BCUT2D eigenvalue weighted by molar-refractivity contribution is 0.220. The predicted octanol–water partition coefficient (Wildman–Crippen LogP) is 8.74. The summed E-state index contributed by atoms with van der Waals surface area (Å²) in [5, 5.41) is 0. The molecule has 0 unspecified atom stereocenters. The highest BCUT2D eigenvalue weighted by molar-refractivity contribution is 5.38. The largest absolute Gasteiger partial charge is 0.0730 e. The molecule has 164 valence electrons. The summed E-state index contributed by atoms with van der Waals surface area (Å²) >= 11 is 0. The highest BCUT2D eigenvalue weighted by Gasteiger charge is 2.23. The molecule has 0 atom stereocenters. The monoisotopic (exact) mass is 404 g/mol. The van der Waals surface area contributed by atoms with Crippen LogP contribution >= 0.6 is 0 Å². The average molecular weight is 405 g/mol. The predicted molar refractivity (Wildman–Crippen MR) is 131 cm³/mol. The zero-order valence-corrected chi connectivity index (χ0v) is 19.7. The molecule has 0 amide bonds. The molecule has 0 aromatic heterocycles. The second kappa shape index (κ2) is 13.0. The van der Waals surface area contributed by atoms with E-state index < -0.39 is 0 Å². The molecule has 3 rings (SSSR count). The Morgan fingerprint density at radius 3 is 1.90 bits per heavy atom. The number of hydrogen-bond acceptors (Lipinski definition) is 0. The first-order valence-corrected chi connectivity index (χ1v) is 13.0. The summed E-state index contributed by atoms with van der Waals surface area (Å²) in [6, 6.07) is 8.66. The van der Waals surface area contributed by atoms with E-state index in [1.54, 1.807) is 0 Å². The van der Waals surface area contributed by atoms with Gasteiger partial charge in [0.1, 0.15) is 0 Å². The van der Waals surface area contributed by atoms with Crippen LogP contribution in [0.25, 0.3) is 0 Å². The van der Waals surface area contributed by atoms with Crippen LogP contribution in [0.15, 0.2) is 36.4 Å². The van der Waals surface area contributed by atoms with Crippen molar-refractivity contribution >= 4 is 0 Å². The van der Waals surface area contributed by atoms with E-state index in [4.69, 9.17) is 0 Å². The van der Waals surface area contributed by atoms with Gasteiger partial charge in [0.05, 0.1) is 0 Å². The van der Waals surface area contributed by atoms with Gasteiger partial charge in [-0.2, -0.15) is 0 Å². The van der Waals surface area contributed by atoms with Crippen LogP contribution in [-0.2, 0) is 6.42 Å². The maximum absolute atomic E-state index is 3.28. The summed E-state index contributed by atoms with van der Waals surface area (Å²) in [5.41, 5.74) is 2.51. The second-order valence-corrected chi connectivity index (χ2v) is 10.1. The van der Waals surface area contributed by atoms with Crippen molar-refractivity contribution < 1.29 is 0 Å². The third-order valence-electron chi connectivity index (χ3n) is 7.84. The number of rotatable bonds is 8. The molecule has 0 N–H and O–H groups in total. The van der Waals surface area contributed by atoms with Gasteiger partial charge in [0.15, 0.2) is 0 Å². The van der Waals surface area contributed by atoms with Gasteiger partial charge in [0.2, 0.25) is 0 Å². The second-order valence-electron chi connectivity index (χ2n) is 10.1.